The third-order valence-corrected chi connectivity index (χ3v) is 3.84. The average Bonchev–Trinajstić information content (AvgIpc) is 3.22. The van der Waals surface area contributed by atoms with Gasteiger partial charge in [-0.15, -0.1) is 10.2 Å². The van der Waals surface area contributed by atoms with E-state index in [2.05, 4.69) is 30.7 Å². The smallest absolute Gasteiger partial charge is 0.243 e. The first-order valence-electron chi connectivity index (χ1n) is 8.06. The Kier molecular flexibility index (Phi) is 4.41. The highest BCUT2D eigenvalue weighted by molar-refractivity contribution is 5.85. The zero-order valence-electron chi connectivity index (χ0n) is 14.2. The standard InChI is InChI=1S/C15H22N8O/c1-15(2,3)23-20-12(19-21-23)10-18-13(24)11-6-4-9-22(11)14-16-7-5-8-17-14/h5,7-8,11H,4,6,9-10H2,1-3H3,(H,18,24). The van der Waals surface area contributed by atoms with Crippen molar-refractivity contribution >= 4 is 11.9 Å². The summed E-state index contributed by atoms with van der Waals surface area (Å²) in [7, 11) is 0. The molecule has 2 aromatic heterocycles. The summed E-state index contributed by atoms with van der Waals surface area (Å²) in [5.74, 6) is 1.03. The number of hydrogen-bond donors (Lipinski definition) is 1. The molecule has 24 heavy (non-hydrogen) atoms. The van der Waals surface area contributed by atoms with Crippen LogP contribution in [0.3, 0.4) is 0 Å². The van der Waals surface area contributed by atoms with Crippen molar-refractivity contribution in [1.82, 2.24) is 35.5 Å². The van der Waals surface area contributed by atoms with Gasteiger partial charge in [-0.05, 0) is 44.9 Å². The van der Waals surface area contributed by atoms with Gasteiger partial charge in [0.2, 0.25) is 11.9 Å². The van der Waals surface area contributed by atoms with Crippen LogP contribution in [-0.4, -0.2) is 48.7 Å². The van der Waals surface area contributed by atoms with Crippen LogP contribution in [-0.2, 0) is 16.9 Å². The third-order valence-electron chi connectivity index (χ3n) is 3.84. The van der Waals surface area contributed by atoms with E-state index >= 15 is 0 Å². The third kappa shape index (κ3) is 3.50. The molecule has 0 bridgehead atoms. The lowest BCUT2D eigenvalue weighted by molar-refractivity contribution is -0.122. The molecule has 0 radical (unpaired) electrons. The van der Waals surface area contributed by atoms with Crippen LogP contribution in [0.4, 0.5) is 5.95 Å². The fourth-order valence-electron chi connectivity index (χ4n) is 2.60. The van der Waals surface area contributed by atoms with Crippen LogP contribution in [0.15, 0.2) is 18.5 Å². The second kappa shape index (κ2) is 6.50. The Bertz CT molecular complexity index is 693. The van der Waals surface area contributed by atoms with Crippen molar-refractivity contribution in [2.24, 2.45) is 0 Å². The van der Waals surface area contributed by atoms with Gasteiger partial charge in [0.05, 0.1) is 12.1 Å². The minimum absolute atomic E-state index is 0.0629. The van der Waals surface area contributed by atoms with E-state index in [0.29, 0.717) is 11.8 Å². The van der Waals surface area contributed by atoms with Gasteiger partial charge in [0.25, 0.3) is 0 Å². The molecule has 0 saturated carbocycles. The average molecular weight is 330 g/mol. The molecule has 128 valence electrons. The molecule has 0 aliphatic carbocycles. The predicted molar refractivity (Wildman–Crippen MR) is 87.1 cm³/mol. The lowest BCUT2D eigenvalue weighted by Gasteiger charge is -2.23. The molecule has 2 aromatic rings. The number of anilines is 1. The zero-order chi connectivity index (χ0) is 17.2. The highest BCUT2D eigenvalue weighted by Crippen LogP contribution is 2.21. The Morgan fingerprint density at radius 3 is 2.75 bits per heavy atom. The summed E-state index contributed by atoms with van der Waals surface area (Å²) >= 11 is 0. The fraction of sp³-hybridized carbons (Fsp3) is 0.600. The molecule has 1 atom stereocenters. The van der Waals surface area contributed by atoms with Gasteiger partial charge in [0.1, 0.15) is 6.04 Å². The molecule has 1 amide bonds. The van der Waals surface area contributed by atoms with Gasteiger partial charge in [-0.3, -0.25) is 4.79 Å². The number of carbonyl (C=O) groups is 1. The van der Waals surface area contributed by atoms with Gasteiger partial charge < -0.3 is 10.2 Å². The molecule has 1 unspecified atom stereocenters. The Hall–Kier alpha value is -2.58. The number of aromatic nitrogens is 6. The molecule has 1 aliphatic heterocycles. The van der Waals surface area contributed by atoms with E-state index in [9.17, 15) is 4.79 Å². The van der Waals surface area contributed by atoms with Crippen LogP contribution in [0, 0.1) is 0 Å². The SMILES string of the molecule is CC(C)(C)n1nnc(CNC(=O)C2CCCN2c2ncccn2)n1. The fourth-order valence-corrected chi connectivity index (χ4v) is 2.60. The number of hydrogen-bond acceptors (Lipinski definition) is 7. The molecule has 3 rings (SSSR count). The van der Waals surface area contributed by atoms with E-state index < -0.39 is 0 Å². The number of nitrogens with zero attached hydrogens (tertiary/aromatic N) is 7. The molecule has 3 heterocycles. The quantitative estimate of drug-likeness (QED) is 0.871. The summed E-state index contributed by atoms with van der Waals surface area (Å²) in [5.41, 5.74) is -0.234. The van der Waals surface area contributed by atoms with Gasteiger partial charge in [0, 0.05) is 18.9 Å². The van der Waals surface area contributed by atoms with E-state index in [0.717, 1.165) is 19.4 Å². The second-order valence-corrected chi connectivity index (χ2v) is 6.78. The lowest BCUT2D eigenvalue weighted by Crippen LogP contribution is -2.43. The first-order valence-corrected chi connectivity index (χ1v) is 8.06. The summed E-state index contributed by atoms with van der Waals surface area (Å²) in [5, 5.41) is 15.2. The molecular weight excluding hydrogens is 308 g/mol. The van der Waals surface area contributed by atoms with Crippen LogP contribution in [0.1, 0.15) is 39.4 Å². The monoisotopic (exact) mass is 330 g/mol. The second-order valence-electron chi connectivity index (χ2n) is 6.78. The van der Waals surface area contributed by atoms with Gasteiger partial charge in [-0.1, -0.05) is 0 Å². The highest BCUT2D eigenvalue weighted by atomic mass is 16.2. The van der Waals surface area contributed by atoms with Crippen molar-refractivity contribution in [3.63, 3.8) is 0 Å². The van der Waals surface area contributed by atoms with Crippen molar-refractivity contribution in [3.05, 3.63) is 24.3 Å². The Balaban J connectivity index is 1.61. The number of amides is 1. The van der Waals surface area contributed by atoms with Gasteiger partial charge in [-0.2, -0.15) is 4.80 Å². The predicted octanol–water partition coefficient (Wildman–Crippen LogP) is 0.503. The molecule has 1 N–H and O–H groups in total. The minimum atomic E-state index is -0.259. The van der Waals surface area contributed by atoms with Crippen molar-refractivity contribution in [1.29, 1.82) is 0 Å². The number of carbonyl (C=O) groups excluding carboxylic acids is 1. The van der Waals surface area contributed by atoms with E-state index in [1.54, 1.807) is 23.3 Å². The van der Waals surface area contributed by atoms with Crippen LogP contribution >= 0.6 is 0 Å². The molecular formula is C15H22N8O. The lowest BCUT2D eigenvalue weighted by atomic mass is 10.1. The highest BCUT2D eigenvalue weighted by Gasteiger charge is 2.32. The number of tetrazole rings is 1. The van der Waals surface area contributed by atoms with Crippen molar-refractivity contribution in [3.8, 4) is 0 Å². The molecule has 1 aliphatic rings. The Morgan fingerprint density at radius 1 is 1.33 bits per heavy atom. The Labute approximate surface area is 140 Å². The van der Waals surface area contributed by atoms with Crippen molar-refractivity contribution in [2.75, 3.05) is 11.4 Å². The van der Waals surface area contributed by atoms with Crippen LogP contribution in [0.25, 0.3) is 0 Å². The molecule has 1 fully saturated rings. The summed E-state index contributed by atoms with van der Waals surface area (Å²) in [6.45, 7) is 7.02. The summed E-state index contributed by atoms with van der Waals surface area (Å²) < 4.78 is 0. The maximum atomic E-state index is 12.5. The first-order chi connectivity index (χ1) is 11.4. The Morgan fingerprint density at radius 2 is 2.08 bits per heavy atom. The number of nitrogens with one attached hydrogen (secondary N) is 1. The van der Waals surface area contributed by atoms with Crippen molar-refractivity contribution in [2.45, 2.75) is 51.7 Å². The molecule has 0 spiro atoms. The van der Waals surface area contributed by atoms with E-state index in [1.807, 2.05) is 25.7 Å². The maximum absolute atomic E-state index is 12.5. The normalized spacial score (nSPS) is 18.0. The largest absolute Gasteiger partial charge is 0.347 e. The topological polar surface area (TPSA) is 102 Å². The van der Waals surface area contributed by atoms with E-state index in [-0.39, 0.29) is 24.0 Å². The molecule has 9 heteroatoms. The summed E-state index contributed by atoms with van der Waals surface area (Å²) in [6.07, 6.45) is 5.09. The van der Waals surface area contributed by atoms with Gasteiger partial charge in [-0.25, -0.2) is 9.97 Å². The van der Waals surface area contributed by atoms with Gasteiger partial charge >= 0.3 is 0 Å². The zero-order valence-corrected chi connectivity index (χ0v) is 14.2. The molecule has 1 saturated heterocycles. The van der Waals surface area contributed by atoms with Crippen LogP contribution in [0.5, 0.6) is 0 Å². The van der Waals surface area contributed by atoms with E-state index in [4.69, 9.17) is 0 Å². The summed E-state index contributed by atoms with van der Waals surface area (Å²) in [6, 6.07) is 1.50. The maximum Gasteiger partial charge on any atom is 0.243 e. The van der Waals surface area contributed by atoms with Crippen molar-refractivity contribution < 1.29 is 4.79 Å². The van der Waals surface area contributed by atoms with E-state index in [1.165, 1.54) is 0 Å². The van der Waals surface area contributed by atoms with Gasteiger partial charge in [0.15, 0.2) is 5.82 Å². The minimum Gasteiger partial charge on any atom is -0.347 e. The summed E-state index contributed by atoms with van der Waals surface area (Å²) in [4.78, 5) is 24.5. The van der Waals surface area contributed by atoms with Crippen LogP contribution < -0.4 is 10.2 Å². The van der Waals surface area contributed by atoms with Crippen LogP contribution in [0.2, 0.25) is 0 Å². The molecule has 0 aromatic carbocycles. The number of rotatable bonds is 4. The molecule has 9 nitrogen and oxygen atoms in total. The first kappa shape index (κ1) is 16.3.